The van der Waals surface area contributed by atoms with Crippen LogP contribution in [0.1, 0.15) is 243 Å². The van der Waals surface area contributed by atoms with E-state index in [0.29, 0.717) is 57.9 Å². The average molecular weight is 1570 g/mol. The third-order valence-corrected chi connectivity index (χ3v) is 25.4. The molecule has 9 aromatic rings. The zero-order valence-corrected chi connectivity index (χ0v) is 67.7. The van der Waals surface area contributed by atoms with Gasteiger partial charge in [-0.05, 0) is 230 Å². The predicted octanol–water partition coefficient (Wildman–Crippen LogP) is 25.0. The fraction of sp³-hybridized carbons (Fsp3) is 0.406. The highest BCUT2D eigenvalue weighted by Crippen LogP contribution is 2.56. The molecule has 4 N–H and O–H groups in total. The van der Waals surface area contributed by atoms with Crippen LogP contribution in [0, 0.1) is 50.3 Å². The molecule has 5 aliphatic carbocycles. The van der Waals surface area contributed by atoms with Crippen molar-refractivity contribution in [2.75, 3.05) is 7.11 Å². The van der Waals surface area contributed by atoms with Gasteiger partial charge in [0.15, 0.2) is 5.75 Å². The third kappa shape index (κ3) is 20.2. The summed E-state index contributed by atoms with van der Waals surface area (Å²) in [7, 11) is -4.66. The van der Waals surface area contributed by atoms with Crippen LogP contribution in [0.4, 0.5) is 30.7 Å². The SMILES string of the molecule is CC1(C)CCCC1c1cc(CO)ccc1-c1ccccc1F.CC1(C)CCCC1c1cc(CO)ccc1-c1ccccc1F.CC1(C)CCC[C@@H]1c1cc(CO)ccc1-c1ccccc1F.CC1(C)CCC[C@H]1c1cc(CO)ccc1-c1ccccc1F.COC(=O)c1ccc(OS(=O)(=O)C(F)(F)F)c(C2=CCCC2(C)C)c1. The van der Waals surface area contributed by atoms with Gasteiger partial charge in [-0.3, -0.25) is 0 Å². The molecule has 0 bridgehead atoms. The van der Waals surface area contributed by atoms with Crippen LogP contribution >= 0.6 is 0 Å². The summed E-state index contributed by atoms with van der Waals surface area (Å²) >= 11 is 0. The minimum absolute atomic E-state index is 0.0255. The Bertz CT molecular complexity index is 4480. The van der Waals surface area contributed by atoms with Crippen molar-refractivity contribution < 1.29 is 73.3 Å². The molecular formula is C96H109F7O9S. The van der Waals surface area contributed by atoms with Crippen molar-refractivity contribution in [3.8, 4) is 50.3 Å². The number of carbonyl (C=O) groups is 1. The number of carbonyl (C=O) groups excluding carboxylic acids is 1. The quantitative estimate of drug-likeness (QED) is 0.0321. The van der Waals surface area contributed by atoms with Crippen LogP contribution < -0.4 is 4.18 Å². The van der Waals surface area contributed by atoms with Gasteiger partial charge in [-0.1, -0.05) is 247 Å². The standard InChI is InChI=1S/4C20H23FO.C16H17F3O5S/c4*1-20(2)11-5-7-18(20)17-12-14(13-22)9-10-15(17)16-6-3-4-8-19(16)21;1-15(2)8-4-5-12(15)11-9-10(14(20)23-3)6-7-13(11)24-25(21,22)16(17,18)19/h4*3-4,6,8-10,12,18,22H,5,7,11,13H2,1-2H3;5-7,9H,4,8H2,1-3H3/t2*18-;;;/m10.../s1. The molecule has 4 fully saturated rings. The smallest absolute Gasteiger partial charge is 0.465 e. The summed E-state index contributed by atoms with van der Waals surface area (Å²) in [4.78, 5) is 11.7. The molecule has 2 unspecified atom stereocenters. The van der Waals surface area contributed by atoms with Crippen LogP contribution in [0.15, 0.2) is 194 Å². The van der Waals surface area contributed by atoms with Gasteiger partial charge in [0.25, 0.3) is 0 Å². The molecule has 4 atom stereocenters. The number of alkyl halides is 3. The van der Waals surface area contributed by atoms with Crippen LogP contribution in [0.2, 0.25) is 0 Å². The summed E-state index contributed by atoms with van der Waals surface area (Å²) in [6.07, 6.45) is 17.3. The van der Waals surface area contributed by atoms with E-state index in [-0.39, 0.29) is 82.5 Å². The molecule has 0 aromatic heterocycles. The molecular weight excluding hydrogens is 1460 g/mol. The number of methoxy groups -OCH3 is 1. The molecule has 602 valence electrons. The number of aliphatic hydroxyl groups excluding tert-OH is 4. The lowest BCUT2D eigenvalue weighted by Crippen LogP contribution is -2.28. The second kappa shape index (κ2) is 36.4. The van der Waals surface area contributed by atoms with Gasteiger partial charge in [0.05, 0.1) is 39.1 Å². The van der Waals surface area contributed by atoms with Gasteiger partial charge in [0.2, 0.25) is 0 Å². The second-order valence-electron chi connectivity index (χ2n) is 34.2. The summed E-state index contributed by atoms with van der Waals surface area (Å²) < 4.78 is 127. The van der Waals surface area contributed by atoms with Crippen LogP contribution in [0.3, 0.4) is 0 Å². The van der Waals surface area contributed by atoms with E-state index in [1.807, 2.05) is 111 Å². The first-order chi connectivity index (χ1) is 53.5. The number of hydrogen-bond donors (Lipinski definition) is 4. The summed E-state index contributed by atoms with van der Waals surface area (Å²) in [5.74, 6) is -0.265. The van der Waals surface area contributed by atoms with Gasteiger partial charge in [-0.2, -0.15) is 21.6 Å². The van der Waals surface area contributed by atoms with Crippen LogP contribution in [-0.2, 0) is 41.3 Å². The van der Waals surface area contributed by atoms with E-state index in [4.69, 9.17) is 0 Å². The van der Waals surface area contributed by atoms with E-state index in [0.717, 1.165) is 88.7 Å². The summed E-state index contributed by atoms with van der Waals surface area (Å²) in [5, 5.41) is 37.9. The number of benzene rings is 9. The summed E-state index contributed by atoms with van der Waals surface area (Å²) in [6, 6.07) is 55.0. The van der Waals surface area contributed by atoms with E-state index in [1.165, 1.54) is 111 Å². The van der Waals surface area contributed by atoms with Crippen molar-refractivity contribution in [2.45, 2.75) is 215 Å². The Hall–Kier alpha value is -8.71. The van der Waals surface area contributed by atoms with Crippen molar-refractivity contribution >= 4 is 21.7 Å². The molecule has 14 rings (SSSR count). The Labute approximate surface area is 663 Å². The number of halogens is 7. The number of hydrogen-bond acceptors (Lipinski definition) is 9. The minimum Gasteiger partial charge on any atom is -0.465 e. The monoisotopic (exact) mass is 1570 g/mol. The zero-order chi connectivity index (χ0) is 82.0. The van der Waals surface area contributed by atoms with Gasteiger partial charge in [0.1, 0.15) is 23.3 Å². The Morgan fingerprint density at radius 2 is 0.690 bits per heavy atom. The molecule has 0 spiro atoms. The zero-order valence-electron chi connectivity index (χ0n) is 66.9. The van der Waals surface area contributed by atoms with Gasteiger partial charge >= 0.3 is 21.6 Å². The topological polar surface area (TPSA) is 151 Å². The Kier molecular flexibility index (Phi) is 27.9. The van der Waals surface area contributed by atoms with Crippen molar-refractivity contribution in [2.24, 2.45) is 27.1 Å². The third-order valence-electron chi connectivity index (χ3n) is 24.4. The molecule has 17 heteroatoms. The molecule has 9 nitrogen and oxygen atoms in total. The van der Waals surface area contributed by atoms with E-state index in [2.05, 4.69) is 88.6 Å². The van der Waals surface area contributed by atoms with Crippen molar-refractivity contribution in [1.82, 2.24) is 0 Å². The van der Waals surface area contributed by atoms with Gasteiger partial charge < -0.3 is 29.3 Å². The molecule has 0 aliphatic heterocycles. The van der Waals surface area contributed by atoms with E-state index < -0.39 is 32.8 Å². The lowest BCUT2D eigenvalue weighted by atomic mass is 9.75. The normalized spacial score (nSPS) is 19.6. The maximum atomic E-state index is 14.3. The Morgan fingerprint density at radius 1 is 0.398 bits per heavy atom. The first-order valence-corrected chi connectivity index (χ1v) is 40.8. The first kappa shape index (κ1) is 86.7. The molecule has 0 amide bonds. The minimum atomic E-state index is -5.82. The van der Waals surface area contributed by atoms with Crippen LogP contribution in [0.5, 0.6) is 5.75 Å². The average Bonchev–Trinajstić information content (AvgIpc) is 1.76. The second-order valence-corrected chi connectivity index (χ2v) is 35.7. The maximum Gasteiger partial charge on any atom is 0.534 e. The molecule has 0 saturated heterocycles. The molecule has 5 aliphatic rings. The Morgan fingerprint density at radius 3 is 0.920 bits per heavy atom. The fourth-order valence-corrected chi connectivity index (χ4v) is 18.5. The summed E-state index contributed by atoms with van der Waals surface area (Å²) in [6.45, 7) is 22.2. The number of allylic oxidation sites excluding steroid dienone is 2. The lowest BCUT2D eigenvalue weighted by molar-refractivity contribution is -0.0500. The van der Waals surface area contributed by atoms with E-state index >= 15 is 0 Å². The van der Waals surface area contributed by atoms with Crippen LogP contribution in [0.25, 0.3) is 50.1 Å². The summed E-state index contributed by atoms with van der Waals surface area (Å²) in [5.41, 5.74) is 10.5. The van der Waals surface area contributed by atoms with E-state index in [1.54, 1.807) is 30.3 Å². The molecule has 4 saturated carbocycles. The first-order valence-electron chi connectivity index (χ1n) is 39.4. The Balaban J connectivity index is 0.000000150. The number of esters is 1. The van der Waals surface area contributed by atoms with Gasteiger partial charge in [-0.15, -0.1) is 0 Å². The van der Waals surface area contributed by atoms with Crippen LogP contribution in [-0.4, -0.2) is 47.4 Å². The van der Waals surface area contributed by atoms with E-state index in [9.17, 15) is 64.4 Å². The maximum absolute atomic E-state index is 14.3. The molecule has 9 aromatic carbocycles. The fourth-order valence-electron chi connectivity index (χ4n) is 18.0. The van der Waals surface area contributed by atoms with Gasteiger partial charge in [-0.25, -0.2) is 22.4 Å². The molecule has 0 heterocycles. The number of rotatable bonds is 16. The number of aliphatic hydroxyl groups is 4. The number of ether oxygens (including phenoxy) is 1. The lowest BCUT2D eigenvalue weighted by Gasteiger charge is -2.29. The highest BCUT2D eigenvalue weighted by Gasteiger charge is 2.49. The highest BCUT2D eigenvalue weighted by molar-refractivity contribution is 7.88. The largest absolute Gasteiger partial charge is 0.534 e. The van der Waals surface area contributed by atoms with Gasteiger partial charge in [0, 0.05) is 27.8 Å². The van der Waals surface area contributed by atoms with Crippen molar-refractivity contribution in [3.05, 3.63) is 273 Å². The highest BCUT2D eigenvalue weighted by atomic mass is 32.2. The van der Waals surface area contributed by atoms with Crippen molar-refractivity contribution in [3.63, 3.8) is 0 Å². The molecule has 113 heavy (non-hydrogen) atoms. The molecule has 0 radical (unpaired) electrons. The van der Waals surface area contributed by atoms with Crippen molar-refractivity contribution in [1.29, 1.82) is 0 Å². The predicted molar refractivity (Wildman–Crippen MR) is 437 cm³/mol.